The Bertz CT molecular complexity index is 555. The summed E-state index contributed by atoms with van der Waals surface area (Å²) in [6.07, 6.45) is 1.61. The molecule has 0 aliphatic heterocycles. The second-order valence-corrected chi connectivity index (χ2v) is 4.52. The Labute approximate surface area is 110 Å². The highest BCUT2D eigenvalue weighted by atomic mass is 35.5. The first-order valence-electron chi connectivity index (χ1n) is 5.00. The molecule has 0 amide bonds. The first-order valence-corrected chi connectivity index (χ1v) is 5.76. The van der Waals surface area contributed by atoms with E-state index < -0.39 is 0 Å². The summed E-state index contributed by atoms with van der Waals surface area (Å²) in [6, 6.07) is 7.10. The van der Waals surface area contributed by atoms with Gasteiger partial charge in [0.25, 0.3) is 0 Å². The number of nitrogens with two attached hydrogens (primary N) is 1. The molecular formula is C12H11Cl2N3. The van der Waals surface area contributed by atoms with Gasteiger partial charge in [-0.25, -0.2) is 4.98 Å². The highest BCUT2D eigenvalue weighted by Crippen LogP contribution is 2.28. The summed E-state index contributed by atoms with van der Waals surface area (Å²) in [4.78, 5) is 4.17. The Kier molecular flexibility index (Phi) is 3.41. The average molecular weight is 268 g/mol. The van der Waals surface area contributed by atoms with Crippen LogP contribution >= 0.6 is 23.2 Å². The molecule has 5 heteroatoms. The summed E-state index contributed by atoms with van der Waals surface area (Å²) in [7, 11) is 0. The lowest BCUT2D eigenvalue weighted by molar-refractivity contribution is 1.28. The largest absolute Gasteiger partial charge is 0.397 e. The molecule has 2 aromatic rings. The molecule has 0 saturated carbocycles. The van der Waals surface area contributed by atoms with E-state index in [0.29, 0.717) is 21.6 Å². The molecule has 1 heterocycles. The molecule has 17 heavy (non-hydrogen) atoms. The number of nitrogens with one attached hydrogen (secondary N) is 1. The second kappa shape index (κ2) is 4.82. The van der Waals surface area contributed by atoms with Crippen LogP contribution in [0.15, 0.2) is 30.5 Å². The average Bonchev–Trinajstić information content (AvgIpc) is 2.27. The number of anilines is 3. The van der Waals surface area contributed by atoms with Gasteiger partial charge in [0.1, 0.15) is 5.82 Å². The molecule has 0 saturated heterocycles. The van der Waals surface area contributed by atoms with Gasteiger partial charge in [-0.1, -0.05) is 23.2 Å². The minimum atomic E-state index is 0.550. The summed E-state index contributed by atoms with van der Waals surface area (Å²) in [5, 5.41) is 4.26. The van der Waals surface area contributed by atoms with Crippen LogP contribution in [0.25, 0.3) is 0 Å². The maximum atomic E-state index is 6.05. The Hall–Kier alpha value is -1.45. The number of nitrogens with zero attached hydrogens (tertiary/aromatic N) is 1. The van der Waals surface area contributed by atoms with Crippen molar-refractivity contribution in [3.63, 3.8) is 0 Å². The third-order valence-electron chi connectivity index (χ3n) is 2.35. The van der Waals surface area contributed by atoms with Crippen LogP contribution in [-0.4, -0.2) is 4.98 Å². The van der Waals surface area contributed by atoms with Crippen LogP contribution in [0.3, 0.4) is 0 Å². The van der Waals surface area contributed by atoms with E-state index in [1.807, 2.05) is 13.0 Å². The van der Waals surface area contributed by atoms with Gasteiger partial charge in [0.05, 0.1) is 22.6 Å². The molecule has 3 N–H and O–H groups in total. The van der Waals surface area contributed by atoms with Crippen molar-refractivity contribution in [2.45, 2.75) is 6.92 Å². The van der Waals surface area contributed by atoms with Crippen LogP contribution < -0.4 is 11.1 Å². The quantitative estimate of drug-likeness (QED) is 0.864. The number of halogens is 2. The van der Waals surface area contributed by atoms with E-state index in [9.17, 15) is 0 Å². The maximum absolute atomic E-state index is 6.05. The molecule has 3 nitrogen and oxygen atoms in total. The monoisotopic (exact) mass is 267 g/mol. The Morgan fingerprint density at radius 3 is 2.65 bits per heavy atom. The Morgan fingerprint density at radius 2 is 2.00 bits per heavy atom. The molecule has 0 fully saturated rings. The zero-order chi connectivity index (χ0) is 12.4. The fraction of sp³-hybridized carbons (Fsp3) is 0.0833. The maximum Gasteiger partial charge on any atom is 0.130 e. The van der Waals surface area contributed by atoms with E-state index in [2.05, 4.69) is 10.3 Å². The van der Waals surface area contributed by atoms with Gasteiger partial charge in [0.2, 0.25) is 0 Å². The van der Waals surface area contributed by atoms with E-state index in [0.717, 1.165) is 11.3 Å². The van der Waals surface area contributed by atoms with Gasteiger partial charge >= 0.3 is 0 Å². The topological polar surface area (TPSA) is 50.9 Å². The number of hydrogen-bond acceptors (Lipinski definition) is 3. The molecule has 0 aliphatic carbocycles. The lowest BCUT2D eigenvalue weighted by Gasteiger charge is -2.09. The lowest BCUT2D eigenvalue weighted by Crippen LogP contribution is -1.97. The van der Waals surface area contributed by atoms with E-state index in [1.54, 1.807) is 24.4 Å². The minimum Gasteiger partial charge on any atom is -0.397 e. The molecule has 0 radical (unpaired) electrons. The van der Waals surface area contributed by atoms with Crippen LogP contribution in [0.5, 0.6) is 0 Å². The molecule has 0 spiro atoms. The SMILES string of the molecule is Cc1cc(Nc2ccc(Cl)cc2Cl)ncc1N. The van der Waals surface area contributed by atoms with Crippen molar-refractivity contribution >= 4 is 40.4 Å². The van der Waals surface area contributed by atoms with Crippen molar-refractivity contribution in [3.8, 4) is 0 Å². The van der Waals surface area contributed by atoms with Gasteiger partial charge in [0.15, 0.2) is 0 Å². The van der Waals surface area contributed by atoms with Gasteiger partial charge in [0, 0.05) is 5.02 Å². The molecule has 0 unspecified atom stereocenters. The number of rotatable bonds is 2. The van der Waals surface area contributed by atoms with E-state index in [-0.39, 0.29) is 0 Å². The van der Waals surface area contributed by atoms with Gasteiger partial charge < -0.3 is 11.1 Å². The van der Waals surface area contributed by atoms with Crippen LogP contribution in [-0.2, 0) is 0 Å². The highest BCUT2D eigenvalue weighted by Gasteiger charge is 2.03. The van der Waals surface area contributed by atoms with Crippen LogP contribution in [0.1, 0.15) is 5.56 Å². The van der Waals surface area contributed by atoms with Crippen molar-refractivity contribution in [3.05, 3.63) is 46.1 Å². The molecule has 1 aromatic heterocycles. The number of aryl methyl sites for hydroxylation is 1. The van der Waals surface area contributed by atoms with Crippen LogP contribution in [0.2, 0.25) is 10.0 Å². The number of aromatic nitrogens is 1. The predicted octanol–water partition coefficient (Wildman–Crippen LogP) is 4.02. The van der Waals surface area contributed by atoms with Crippen molar-refractivity contribution in [2.75, 3.05) is 11.1 Å². The molecule has 2 rings (SSSR count). The summed E-state index contributed by atoms with van der Waals surface area (Å²) < 4.78 is 0. The third kappa shape index (κ3) is 2.81. The van der Waals surface area contributed by atoms with Crippen molar-refractivity contribution in [2.24, 2.45) is 0 Å². The third-order valence-corrected chi connectivity index (χ3v) is 2.89. The number of benzene rings is 1. The standard InChI is InChI=1S/C12H11Cl2N3/c1-7-4-12(16-6-10(7)15)17-11-3-2-8(13)5-9(11)14/h2-6H,15H2,1H3,(H,16,17). The number of hydrogen-bond donors (Lipinski definition) is 2. The minimum absolute atomic E-state index is 0.550. The lowest BCUT2D eigenvalue weighted by atomic mass is 10.2. The van der Waals surface area contributed by atoms with Gasteiger partial charge in [-0.05, 0) is 36.8 Å². The van der Waals surface area contributed by atoms with Gasteiger partial charge in [-0.15, -0.1) is 0 Å². The van der Waals surface area contributed by atoms with E-state index in [4.69, 9.17) is 28.9 Å². The zero-order valence-corrected chi connectivity index (χ0v) is 10.7. The van der Waals surface area contributed by atoms with Crippen LogP contribution in [0.4, 0.5) is 17.2 Å². The summed E-state index contributed by atoms with van der Waals surface area (Å²) in [5.41, 5.74) is 8.09. The first kappa shape index (κ1) is 12.0. The van der Waals surface area contributed by atoms with Crippen molar-refractivity contribution in [1.29, 1.82) is 0 Å². The van der Waals surface area contributed by atoms with E-state index in [1.165, 1.54) is 0 Å². The van der Waals surface area contributed by atoms with Crippen molar-refractivity contribution in [1.82, 2.24) is 4.98 Å². The fourth-order valence-electron chi connectivity index (χ4n) is 1.36. The normalized spacial score (nSPS) is 10.3. The molecule has 88 valence electrons. The Balaban J connectivity index is 2.28. The second-order valence-electron chi connectivity index (χ2n) is 3.68. The predicted molar refractivity (Wildman–Crippen MR) is 73.1 cm³/mol. The van der Waals surface area contributed by atoms with Crippen LogP contribution in [0, 0.1) is 6.92 Å². The zero-order valence-electron chi connectivity index (χ0n) is 9.17. The van der Waals surface area contributed by atoms with Crippen molar-refractivity contribution < 1.29 is 0 Å². The molecular weight excluding hydrogens is 257 g/mol. The molecule has 0 bridgehead atoms. The number of pyridine rings is 1. The fourth-order valence-corrected chi connectivity index (χ4v) is 1.82. The summed E-state index contributed by atoms with van der Waals surface area (Å²) in [5.74, 6) is 0.695. The molecule has 0 aliphatic rings. The Morgan fingerprint density at radius 1 is 1.24 bits per heavy atom. The van der Waals surface area contributed by atoms with Gasteiger partial charge in [-0.3, -0.25) is 0 Å². The van der Waals surface area contributed by atoms with E-state index >= 15 is 0 Å². The first-order chi connectivity index (χ1) is 8.06. The number of nitrogen functional groups attached to an aromatic ring is 1. The van der Waals surface area contributed by atoms with Gasteiger partial charge in [-0.2, -0.15) is 0 Å². The summed E-state index contributed by atoms with van der Waals surface area (Å²) in [6.45, 7) is 1.92. The summed E-state index contributed by atoms with van der Waals surface area (Å²) >= 11 is 11.9. The molecule has 1 aromatic carbocycles. The molecule has 0 atom stereocenters. The smallest absolute Gasteiger partial charge is 0.130 e. The highest BCUT2D eigenvalue weighted by molar-refractivity contribution is 6.36.